The Bertz CT molecular complexity index is 1130. The average Bonchev–Trinajstić information content (AvgIpc) is 3.10. The zero-order chi connectivity index (χ0) is 20.2. The van der Waals surface area contributed by atoms with Gasteiger partial charge in [0.15, 0.2) is 11.6 Å². The molecule has 1 atom stereocenters. The first-order valence-electron chi connectivity index (χ1n) is 9.58. The number of anilines is 1. The molecule has 0 fully saturated rings. The number of pyridine rings is 1. The van der Waals surface area contributed by atoms with Gasteiger partial charge >= 0.3 is 0 Å². The molecular weight excluding hydrogens is 386 g/mol. The van der Waals surface area contributed by atoms with Crippen LogP contribution in [-0.4, -0.2) is 25.5 Å². The van der Waals surface area contributed by atoms with Gasteiger partial charge in [-0.15, -0.1) is 5.10 Å². The van der Waals surface area contributed by atoms with E-state index in [-0.39, 0.29) is 17.2 Å². The maximum absolute atomic E-state index is 13.2. The fourth-order valence-electron chi connectivity index (χ4n) is 4.14. The lowest BCUT2D eigenvalue weighted by atomic mass is 9.73. The highest BCUT2D eigenvalue weighted by atomic mass is 35.5. The minimum atomic E-state index is -0.389. The van der Waals surface area contributed by atoms with E-state index in [1.807, 2.05) is 42.5 Å². The normalized spacial score (nSPS) is 20.1. The van der Waals surface area contributed by atoms with E-state index in [9.17, 15) is 4.79 Å². The Morgan fingerprint density at radius 2 is 1.93 bits per heavy atom. The van der Waals surface area contributed by atoms with Crippen molar-refractivity contribution < 1.29 is 4.79 Å². The summed E-state index contributed by atoms with van der Waals surface area (Å²) in [6.07, 6.45) is 3.02. The summed E-state index contributed by atoms with van der Waals surface area (Å²) in [6, 6.07) is 12.8. The van der Waals surface area contributed by atoms with Crippen LogP contribution < -0.4 is 5.32 Å². The van der Waals surface area contributed by atoms with Gasteiger partial charge in [-0.1, -0.05) is 31.5 Å². The summed E-state index contributed by atoms with van der Waals surface area (Å²) >= 11 is 6.02. The molecular formula is C22H20ClN5O. The predicted molar refractivity (Wildman–Crippen MR) is 112 cm³/mol. The van der Waals surface area contributed by atoms with Crippen molar-refractivity contribution in [2.24, 2.45) is 5.41 Å². The van der Waals surface area contributed by atoms with Crippen molar-refractivity contribution in [3.8, 4) is 11.4 Å². The number of carbonyl (C=O) groups is 1. The summed E-state index contributed by atoms with van der Waals surface area (Å²) in [4.78, 5) is 22.4. The highest BCUT2D eigenvalue weighted by molar-refractivity contribution is 6.30. The molecule has 5 rings (SSSR count). The van der Waals surface area contributed by atoms with E-state index in [0.717, 1.165) is 28.9 Å². The molecule has 6 nitrogen and oxygen atoms in total. The molecule has 1 aliphatic carbocycles. The molecule has 0 radical (unpaired) electrons. The number of rotatable bonds is 2. The number of hydrogen-bond acceptors (Lipinski definition) is 5. The molecule has 3 aromatic rings. The lowest BCUT2D eigenvalue weighted by Gasteiger charge is -2.37. The highest BCUT2D eigenvalue weighted by Crippen LogP contribution is 2.45. The number of benzene rings is 1. The first kappa shape index (κ1) is 18.1. The van der Waals surface area contributed by atoms with E-state index in [0.29, 0.717) is 23.2 Å². The van der Waals surface area contributed by atoms with Crippen molar-refractivity contribution in [1.82, 2.24) is 19.7 Å². The lowest BCUT2D eigenvalue weighted by Crippen LogP contribution is -2.36. The van der Waals surface area contributed by atoms with Crippen LogP contribution in [0.1, 0.15) is 38.4 Å². The average molecular weight is 406 g/mol. The summed E-state index contributed by atoms with van der Waals surface area (Å²) in [5.41, 5.74) is 3.21. The van der Waals surface area contributed by atoms with Gasteiger partial charge in [0.2, 0.25) is 5.95 Å². The number of allylic oxidation sites excluding steroid dienone is 2. The second-order valence-corrected chi connectivity index (χ2v) is 8.76. The van der Waals surface area contributed by atoms with E-state index in [1.54, 1.807) is 10.9 Å². The SMILES string of the molecule is CC1(C)CC(=O)C2=C(C1)Nc1nc(-c3ccc(Cl)cc3)nn1C2c1ccccn1. The number of halogens is 1. The van der Waals surface area contributed by atoms with Gasteiger partial charge in [0.05, 0.1) is 5.69 Å². The number of fused-ring (bicyclic) bond motifs is 1. The highest BCUT2D eigenvalue weighted by Gasteiger charge is 2.42. The molecule has 1 aliphatic heterocycles. The van der Waals surface area contributed by atoms with Crippen LogP contribution in [-0.2, 0) is 4.79 Å². The van der Waals surface area contributed by atoms with Crippen molar-refractivity contribution >= 4 is 23.3 Å². The van der Waals surface area contributed by atoms with Gasteiger partial charge in [0.25, 0.3) is 0 Å². The van der Waals surface area contributed by atoms with Crippen molar-refractivity contribution in [2.45, 2.75) is 32.7 Å². The summed E-state index contributed by atoms with van der Waals surface area (Å²) in [5.74, 6) is 1.33. The molecule has 1 aromatic carbocycles. The number of nitrogens with zero attached hydrogens (tertiary/aromatic N) is 4. The van der Waals surface area contributed by atoms with Gasteiger partial charge < -0.3 is 5.32 Å². The second kappa shape index (κ2) is 6.52. The van der Waals surface area contributed by atoms with Gasteiger partial charge in [-0.25, -0.2) is 4.68 Å². The monoisotopic (exact) mass is 405 g/mol. The van der Waals surface area contributed by atoms with Gasteiger partial charge in [-0.3, -0.25) is 9.78 Å². The Hall–Kier alpha value is -2.99. The Morgan fingerprint density at radius 3 is 2.66 bits per heavy atom. The number of hydrogen-bond donors (Lipinski definition) is 1. The van der Waals surface area contributed by atoms with Gasteiger partial charge in [-0.2, -0.15) is 4.98 Å². The van der Waals surface area contributed by atoms with Crippen molar-refractivity contribution in [2.75, 3.05) is 5.32 Å². The van der Waals surface area contributed by atoms with E-state index in [1.165, 1.54) is 0 Å². The maximum Gasteiger partial charge on any atom is 0.226 e. The third kappa shape index (κ3) is 3.13. The summed E-state index contributed by atoms with van der Waals surface area (Å²) in [6.45, 7) is 4.23. The number of aromatic nitrogens is 4. The van der Waals surface area contributed by atoms with Crippen LogP contribution in [0.25, 0.3) is 11.4 Å². The topological polar surface area (TPSA) is 72.7 Å². The van der Waals surface area contributed by atoms with Gasteiger partial charge in [0, 0.05) is 34.5 Å². The summed E-state index contributed by atoms with van der Waals surface area (Å²) in [5, 5.41) is 8.78. The number of carbonyl (C=O) groups excluding carboxylic acids is 1. The Morgan fingerprint density at radius 1 is 1.14 bits per heavy atom. The molecule has 2 aliphatic rings. The summed E-state index contributed by atoms with van der Waals surface area (Å²) < 4.78 is 1.78. The molecule has 2 aromatic heterocycles. The Kier molecular flexibility index (Phi) is 4.06. The number of ketones is 1. The molecule has 0 spiro atoms. The van der Waals surface area contributed by atoms with Crippen LogP contribution in [0.5, 0.6) is 0 Å². The van der Waals surface area contributed by atoms with Crippen molar-refractivity contribution in [3.63, 3.8) is 0 Å². The smallest absolute Gasteiger partial charge is 0.226 e. The molecule has 0 saturated heterocycles. The van der Waals surface area contributed by atoms with Gasteiger partial charge in [-0.05, 0) is 48.2 Å². The van der Waals surface area contributed by atoms with E-state index in [4.69, 9.17) is 21.7 Å². The number of Topliss-reactive ketones (excluding diaryl/α,β-unsaturated/α-hetero) is 1. The molecule has 1 unspecified atom stereocenters. The minimum absolute atomic E-state index is 0.0984. The third-order valence-corrected chi connectivity index (χ3v) is 5.65. The quantitative estimate of drug-likeness (QED) is 0.671. The lowest BCUT2D eigenvalue weighted by molar-refractivity contribution is -0.118. The van der Waals surface area contributed by atoms with Gasteiger partial charge in [0.1, 0.15) is 6.04 Å². The standard InChI is InChI=1S/C22H20ClN5O/c1-22(2)11-16-18(17(29)12-22)19(15-5-3-4-10-24-15)28-21(25-16)26-20(27-28)13-6-8-14(23)9-7-13/h3-10,19H,11-12H2,1-2H3,(H,25,26,27). The van der Waals surface area contributed by atoms with Crippen molar-refractivity contribution in [1.29, 1.82) is 0 Å². The maximum atomic E-state index is 13.2. The van der Waals surface area contributed by atoms with Crippen LogP contribution in [0.2, 0.25) is 5.02 Å². The van der Waals surface area contributed by atoms with Crippen LogP contribution in [0, 0.1) is 5.41 Å². The largest absolute Gasteiger partial charge is 0.328 e. The first-order chi connectivity index (χ1) is 13.9. The Labute approximate surface area is 173 Å². The fourth-order valence-corrected chi connectivity index (χ4v) is 4.27. The van der Waals surface area contributed by atoms with Crippen LogP contribution >= 0.6 is 11.6 Å². The molecule has 3 heterocycles. The zero-order valence-electron chi connectivity index (χ0n) is 16.2. The van der Waals surface area contributed by atoms with Crippen LogP contribution in [0.4, 0.5) is 5.95 Å². The fraction of sp³-hybridized carbons (Fsp3) is 0.273. The second-order valence-electron chi connectivity index (χ2n) is 8.33. The van der Waals surface area contributed by atoms with E-state index < -0.39 is 0 Å². The van der Waals surface area contributed by atoms with Crippen LogP contribution in [0.15, 0.2) is 59.9 Å². The molecule has 1 N–H and O–H groups in total. The molecule has 7 heteroatoms. The van der Waals surface area contributed by atoms with Crippen LogP contribution in [0.3, 0.4) is 0 Å². The van der Waals surface area contributed by atoms with E-state index >= 15 is 0 Å². The summed E-state index contributed by atoms with van der Waals surface area (Å²) in [7, 11) is 0. The molecule has 29 heavy (non-hydrogen) atoms. The van der Waals surface area contributed by atoms with E-state index in [2.05, 4.69) is 24.1 Å². The third-order valence-electron chi connectivity index (χ3n) is 5.40. The molecule has 0 amide bonds. The van der Waals surface area contributed by atoms with Crippen molar-refractivity contribution in [3.05, 3.63) is 70.6 Å². The minimum Gasteiger partial charge on any atom is -0.328 e. The first-order valence-corrected chi connectivity index (χ1v) is 9.96. The Balaban J connectivity index is 1.67. The molecule has 146 valence electrons. The molecule has 0 saturated carbocycles. The zero-order valence-corrected chi connectivity index (χ0v) is 16.9. The predicted octanol–water partition coefficient (Wildman–Crippen LogP) is 4.65. The molecule has 0 bridgehead atoms. The number of nitrogens with one attached hydrogen (secondary N) is 1.